The minimum absolute atomic E-state index is 0.180. The lowest BCUT2D eigenvalue weighted by Gasteiger charge is -2.20. The van der Waals surface area contributed by atoms with E-state index in [2.05, 4.69) is 5.32 Å². The summed E-state index contributed by atoms with van der Waals surface area (Å²) in [4.78, 5) is 12.8. The summed E-state index contributed by atoms with van der Waals surface area (Å²) >= 11 is 0. The van der Waals surface area contributed by atoms with E-state index in [1.54, 1.807) is 39.8 Å². The van der Waals surface area contributed by atoms with E-state index >= 15 is 0 Å². The Bertz CT molecular complexity index is 925. The van der Waals surface area contributed by atoms with E-state index in [1.807, 2.05) is 13.8 Å². The smallest absolute Gasteiger partial charge is 0.259 e. The molecule has 0 spiro atoms. The first kappa shape index (κ1) is 20.2. The zero-order valence-corrected chi connectivity index (χ0v) is 17.0. The van der Waals surface area contributed by atoms with Crippen molar-refractivity contribution in [1.82, 2.24) is 4.31 Å². The summed E-state index contributed by atoms with van der Waals surface area (Å²) in [6.07, 6.45) is 0. The van der Waals surface area contributed by atoms with Crippen LogP contribution in [0.2, 0.25) is 0 Å². The lowest BCUT2D eigenvalue weighted by molar-refractivity contribution is 0.102. The molecule has 2 rings (SSSR count). The molecule has 1 aromatic heterocycles. The van der Waals surface area contributed by atoms with Crippen LogP contribution in [0.5, 0.6) is 0 Å². The minimum atomic E-state index is -3.60. The number of aryl methyl sites for hydroxylation is 3. The Labute approximate surface area is 155 Å². The average molecular weight is 378 g/mol. The predicted molar refractivity (Wildman–Crippen MR) is 102 cm³/mol. The van der Waals surface area contributed by atoms with Crippen LogP contribution in [0, 0.1) is 27.7 Å². The van der Waals surface area contributed by atoms with Gasteiger partial charge in [0.2, 0.25) is 10.0 Å². The molecule has 6 nitrogen and oxygen atoms in total. The normalized spacial score (nSPS) is 11.8. The molecule has 0 radical (unpaired) electrons. The maximum Gasteiger partial charge on any atom is 0.259 e. The second-order valence-corrected chi connectivity index (χ2v) is 8.22. The maximum absolute atomic E-state index is 12.8. The molecule has 0 atom stereocenters. The Morgan fingerprint density at radius 3 is 2.19 bits per heavy atom. The number of furan rings is 1. The summed E-state index contributed by atoms with van der Waals surface area (Å²) < 4.78 is 32.4. The summed E-state index contributed by atoms with van der Waals surface area (Å²) in [6.45, 7) is 11.6. The van der Waals surface area contributed by atoms with Crippen LogP contribution in [0.25, 0.3) is 0 Å². The first-order valence-electron chi connectivity index (χ1n) is 8.61. The number of carbonyl (C=O) groups excluding carboxylic acids is 1. The van der Waals surface area contributed by atoms with Crippen molar-refractivity contribution in [2.75, 3.05) is 18.4 Å². The van der Waals surface area contributed by atoms with Gasteiger partial charge < -0.3 is 9.73 Å². The molecule has 1 amide bonds. The SMILES string of the molecule is CCN(CC)S(=O)(=O)c1cc(C)c(C)c(NC(=O)c2cc(C)oc2C)c1. The zero-order chi connectivity index (χ0) is 19.6. The molecule has 1 N–H and O–H groups in total. The molecule has 2 aromatic rings. The van der Waals surface area contributed by atoms with E-state index in [4.69, 9.17) is 4.42 Å². The van der Waals surface area contributed by atoms with Gasteiger partial charge in [-0.15, -0.1) is 0 Å². The van der Waals surface area contributed by atoms with Gasteiger partial charge in [0.1, 0.15) is 11.5 Å². The number of amides is 1. The fourth-order valence-electron chi connectivity index (χ4n) is 2.86. The van der Waals surface area contributed by atoms with Crippen LogP contribution in [0.4, 0.5) is 5.69 Å². The van der Waals surface area contributed by atoms with Crippen molar-refractivity contribution in [1.29, 1.82) is 0 Å². The van der Waals surface area contributed by atoms with Crippen LogP contribution < -0.4 is 5.32 Å². The quantitative estimate of drug-likeness (QED) is 0.829. The van der Waals surface area contributed by atoms with E-state index in [0.29, 0.717) is 35.9 Å². The number of hydrogen-bond acceptors (Lipinski definition) is 4. The van der Waals surface area contributed by atoms with Crippen LogP contribution in [0.3, 0.4) is 0 Å². The van der Waals surface area contributed by atoms with Gasteiger partial charge in [-0.25, -0.2) is 8.42 Å². The Hall–Kier alpha value is -2.12. The monoisotopic (exact) mass is 378 g/mol. The molecule has 0 saturated carbocycles. The van der Waals surface area contributed by atoms with Crippen molar-refractivity contribution in [3.05, 3.63) is 46.4 Å². The van der Waals surface area contributed by atoms with Crippen molar-refractivity contribution in [2.45, 2.75) is 46.4 Å². The predicted octanol–water partition coefficient (Wildman–Crippen LogP) is 3.80. The zero-order valence-electron chi connectivity index (χ0n) is 16.1. The highest BCUT2D eigenvalue weighted by molar-refractivity contribution is 7.89. The third-order valence-electron chi connectivity index (χ3n) is 4.52. The largest absolute Gasteiger partial charge is 0.466 e. The van der Waals surface area contributed by atoms with Gasteiger partial charge in [0.05, 0.1) is 10.5 Å². The molecule has 7 heteroatoms. The lowest BCUT2D eigenvalue weighted by Crippen LogP contribution is -2.30. The second-order valence-electron chi connectivity index (χ2n) is 6.28. The van der Waals surface area contributed by atoms with E-state index in [-0.39, 0.29) is 10.8 Å². The number of benzene rings is 1. The molecular formula is C19H26N2O4S. The van der Waals surface area contributed by atoms with Crippen molar-refractivity contribution in [3.8, 4) is 0 Å². The van der Waals surface area contributed by atoms with Crippen molar-refractivity contribution in [3.63, 3.8) is 0 Å². The van der Waals surface area contributed by atoms with Crippen LogP contribution >= 0.6 is 0 Å². The second kappa shape index (κ2) is 7.63. The fraction of sp³-hybridized carbons (Fsp3) is 0.421. The Balaban J connectivity index is 2.45. The first-order valence-corrected chi connectivity index (χ1v) is 10.1. The highest BCUT2D eigenvalue weighted by Crippen LogP contribution is 2.27. The molecule has 26 heavy (non-hydrogen) atoms. The fourth-order valence-corrected chi connectivity index (χ4v) is 4.43. The van der Waals surface area contributed by atoms with Gasteiger partial charge in [-0.3, -0.25) is 4.79 Å². The highest BCUT2D eigenvalue weighted by atomic mass is 32.2. The minimum Gasteiger partial charge on any atom is -0.466 e. The summed E-state index contributed by atoms with van der Waals surface area (Å²) in [5.74, 6) is 0.860. The average Bonchev–Trinajstić information content (AvgIpc) is 2.90. The van der Waals surface area contributed by atoms with Crippen LogP contribution in [-0.4, -0.2) is 31.7 Å². The molecule has 1 aromatic carbocycles. The number of nitrogens with one attached hydrogen (secondary N) is 1. The van der Waals surface area contributed by atoms with Gasteiger partial charge in [-0.1, -0.05) is 13.8 Å². The Morgan fingerprint density at radius 1 is 1.08 bits per heavy atom. The number of carbonyl (C=O) groups is 1. The van der Waals surface area contributed by atoms with E-state index in [0.717, 1.165) is 11.1 Å². The van der Waals surface area contributed by atoms with Gasteiger partial charge in [0.15, 0.2) is 0 Å². The lowest BCUT2D eigenvalue weighted by atomic mass is 10.1. The standard InChI is InChI=1S/C19H26N2O4S/c1-7-21(8-2)26(23,24)16-9-12(3)14(5)18(11-16)20-19(22)17-10-13(4)25-15(17)6/h9-11H,7-8H2,1-6H3,(H,20,22). The van der Waals surface area contributed by atoms with Crippen molar-refractivity contribution < 1.29 is 17.6 Å². The number of sulfonamides is 1. The molecule has 1 heterocycles. The third-order valence-corrected chi connectivity index (χ3v) is 6.55. The molecule has 0 aliphatic carbocycles. The highest BCUT2D eigenvalue weighted by Gasteiger charge is 2.24. The summed E-state index contributed by atoms with van der Waals surface area (Å²) in [5.41, 5.74) is 2.55. The summed E-state index contributed by atoms with van der Waals surface area (Å²) in [5, 5.41) is 2.83. The number of rotatable bonds is 6. The van der Waals surface area contributed by atoms with Gasteiger partial charge in [0.25, 0.3) is 5.91 Å². The molecular weight excluding hydrogens is 352 g/mol. The molecule has 0 bridgehead atoms. The maximum atomic E-state index is 12.8. The van der Waals surface area contributed by atoms with Gasteiger partial charge in [-0.05, 0) is 57.0 Å². The molecule has 0 aliphatic rings. The number of hydrogen-bond donors (Lipinski definition) is 1. The van der Waals surface area contributed by atoms with Gasteiger partial charge >= 0.3 is 0 Å². The van der Waals surface area contributed by atoms with Crippen LogP contribution in [0.1, 0.15) is 46.9 Å². The summed E-state index contributed by atoms with van der Waals surface area (Å²) in [7, 11) is -3.60. The molecule has 0 aliphatic heterocycles. The van der Waals surface area contributed by atoms with E-state index in [1.165, 1.54) is 10.4 Å². The topological polar surface area (TPSA) is 79.6 Å². The number of anilines is 1. The van der Waals surface area contributed by atoms with E-state index in [9.17, 15) is 13.2 Å². The molecule has 0 fully saturated rings. The van der Waals surface area contributed by atoms with Crippen molar-refractivity contribution >= 4 is 21.6 Å². The Morgan fingerprint density at radius 2 is 1.69 bits per heavy atom. The number of nitrogens with zero attached hydrogens (tertiary/aromatic N) is 1. The first-order chi connectivity index (χ1) is 12.1. The van der Waals surface area contributed by atoms with Crippen LogP contribution in [-0.2, 0) is 10.0 Å². The Kier molecular flexibility index (Phi) is 5.93. The van der Waals surface area contributed by atoms with Gasteiger partial charge in [0, 0.05) is 18.8 Å². The van der Waals surface area contributed by atoms with Crippen LogP contribution in [0.15, 0.2) is 27.5 Å². The van der Waals surface area contributed by atoms with Crippen molar-refractivity contribution in [2.24, 2.45) is 0 Å². The molecule has 142 valence electrons. The molecule has 0 saturated heterocycles. The third kappa shape index (κ3) is 3.83. The van der Waals surface area contributed by atoms with E-state index < -0.39 is 10.0 Å². The summed E-state index contributed by atoms with van der Waals surface area (Å²) in [6, 6.07) is 4.84. The van der Waals surface area contributed by atoms with Gasteiger partial charge in [-0.2, -0.15) is 4.31 Å². The molecule has 0 unspecified atom stereocenters.